The van der Waals surface area contributed by atoms with Gasteiger partial charge in [0.05, 0.1) is 0 Å². The van der Waals surface area contributed by atoms with Crippen molar-refractivity contribution in [1.82, 2.24) is 0 Å². The number of alkyl halides is 1. The second-order valence-corrected chi connectivity index (χ2v) is 4.07. The molecule has 0 aromatic heterocycles. The van der Waals surface area contributed by atoms with Crippen LogP contribution in [0.2, 0.25) is 0 Å². The minimum absolute atomic E-state index is 0.00433. The summed E-state index contributed by atoms with van der Waals surface area (Å²) in [5, 5.41) is 9.39. The largest absolute Gasteiger partial charge is 0.482 e. The molecule has 1 N–H and O–H groups in total. The van der Waals surface area contributed by atoms with Gasteiger partial charge in [-0.3, -0.25) is 4.79 Å². The first-order valence-electron chi connectivity index (χ1n) is 3.75. The lowest BCUT2D eigenvalue weighted by Gasteiger charge is -2.31. The van der Waals surface area contributed by atoms with E-state index < -0.39 is 4.70 Å². The summed E-state index contributed by atoms with van der Waals surface area (Å²) < 4.78 is 8.71. The molecule has 5 heteroatoms. The van der Waals surface area contributed by atoms with Gasteiger partial charge in [-0.1, -0.05) is 0 Å². The third-order valence-electron chi connectivity index (χ3n) is 1.70. The molecule has 1 fully saturated rings. The molecule has 1 unspecified atom stereocenters. The second-order valence-electron chi connectivity index (χ2n) is 2.83. The van der Waals surface area contributed by atoms with Crippen LogP contribution >= 0.6 is 15.9 Å². The molecule has 0 saturated carbocycles. The van der Waals surface area contributed by atoms with E-state index in [9.17, 15) is 9.90 Å². The van der Waals surface area contributed by atoms with Crippen LogP contribution in [0.15, 0.2) is 23.7 Å². The maximum atomic E-state index is 11.0. The fraction of sp³-hybridized carbons (Fsp3) is 0.375. The minimum atomic E-state index is -1.52. The van der Waals surface area contributed by atoms with Gasteiger partial charge in [-0.15, -0.1) is 0 Å². The highest BCUT2D eigenvalue weighted by atomic mass is 79.9. The smallest absolute Gasteiger partial charge is 0.300 e. The number of aliphatic hydroxyl groups is 1. The van der Waals surface area contributed by atoms with Crippen LogP contribution in [-0.2, 0) is 14.3 Å². The minimum Gasteiger partial charge on any atom is -0.482 e. The van der Waals surface area contributed by atoms with E-state index >= 15 is 0 Å². The Labute approximate surface area is 83.0 Å². The van der Waals surface area contributed by atoms with Gasteiger partial charge < -0.3 is 14.6 Å². The summed E-state index contributed by atoms with van der Waals surface area (Å²) in [6.45, 7) is 0.00433. The quantitative estimate of drug-likeness (QED) is 0.643. The lowest BCUT2D eigenvalue weighted by molar-refractivity contribution is -0.154. The van der Waals surface area contributed by atoms with Gasteiger partial charge in [0.1, 0.15) is 0 Å². The third kappa shape index (κ3) is 1.76. The van der Waals surface area contributed by atoms with Crippen LogP contribution in [0, 0.1) is 0 Å². The summed E-state index contributed by atoms with van der Waals surface area (Å²) in [7, 11) is 0. The van der Waals surface area contributed by atoms with E-state index in [2.05, 4.69) is 15.9 Å². The van der Waals surface area contributed by atoms with Crippen molar-refractivity contribution in [3.8, 4) is 0 Å². The average molecular weight is 247 g/mol. The molecular formula is C8H7BrO4. The molecule has 1 aliphatic heterocycles. The Morgan fingerprint density at radius 3 is 3.08 bits per heavy atom. The molecule has 1 aliphatic carbocycles. The molecule has 70 valence electrons. The van der Waals surface area contributed by atoms with Gasteiger partial charge in [-0.2, -0.15) is 0 Å². The first-order valence-corrected chi connectivity index (χ1v) is 4.54. The predicted molar refractivity (Wildman–Crippen MR) is 46.7 cm³/mol. The van der Waals surface area contributed by atoms with E-state index in [-0.39, 0.29) is 18.1 Å². The maximum Gasteiger partial charge on any atom is 0.300 e. The van der Waals surface area contributed by atoms with Crippen LogP contribution in [0.25, 0.3) is 0 Å². The van der Waals surface area contributed by atoms with Crippen molar-refractivity contribution < 1.29 is 19.4 Å². The molecule has 1 saturated heterocycles. The summed E-state index contributed by atoms with van der Waals surface area (Å²) in [4.78, 5) is 11.0. The number of hydrogen-bond acceptors (Lipinski definition) is 4. The Kier molecular flexibility index (Phi) is 1.92. The van der Waals surface area contributed by atoms with Crippen molar-refractivity contribution in [2.45, 2.75) is 11.1 Å². The zero-order chi connectivity index (χ0) is 9.47. The lowest BCUT2D eigenvalue weighted by Crippen LogP contribution is -2.36. The molecule has 0 aromatic rings. The molecular weight excluding hydrogens is 240 g/mol. The summed E-state index contributed by atoms with van der Waals surface area (Å²) >= 11 is 2.90. The fourth-order valence-corrected chi connectivity index (χ4v) is 1.43. The average Bonchev–Trinajstić information content (AvgIpc) is 2.01. The molecule has 1 heterocycles. The van der Waals surface area contributed by atoms with Crippen LogP contribution in [0.1, 0.15) is 6.42 Å². The van der Waals surface area contributed by atoms with Crippen molar-refractivity contribution in [2.24, 2.45) is 0 Å². The number of ether oxygens (including phenoxy) is 2. The summed E-state index contributed by atoms with van der Waals surface area (Å²) in [5.41, 5.74) is 0. The summed E-state index contributed by atoms with van der Waals surface area (Å²) in [6.07, 6.45) is 3.28. The fourth-order valence-electron chi connectivity index (χ4n) is 1.14. The van der Waals surface area contributed by atoms with Crippen LogP contribution in [-0.4, -0.2) is 22.2 Å². The van der Waals surface area contributed by atoms with Crippen molar-refractivity contribution >= 4 is 21.7 Å². The van der Waals surface area contributed by atoms with E-state index in [4.69, 9.17) is 9.47 Å². The van der Waals surface area contributed by atoms with Crippen molar-refractivity contribution in [3.05, 3.63) is 23.7 Å². The van der Waals surface area contributed by atoms with Crippen molar-refractivity contribution in [1.29, 1.82) is 0 Å². The number of ketones is 1. The molecule has 13 heavy (non-hydrogen) atoms. The Morgan fingerprint density at radius 1 is 1.54 bits per heavy atom. The monoisotopic (exact) mass is 246 g/mol. The van der Waals surface area contributed by atoms with Gasteiger partial charge in [0.2, 0.25) is 0 Å². The zero-order valence-electron chi connectivity index (χ0n) is 6.62. The molecule has 0 radical (unpaired) electrons. The van der Waals surface area contributed by atoms with Crippen LogP contribution in [0.5, 0.6) is 0 Å². The SMILES string of the molecule is O=C1C=C2OC(O)(Br)COC2=CC1. The summed E-state index contributed by atoms with van der Waals surface area (Å²) in [5.74, 6) is 0.734. The number of carbonyl (C=O) groups is 1. The first kappa shape index (κ1) is 8.77. The van der Waals surface area contributed by atoms with Gasteiger partial charge in [-0.25, -0.2) is 0 Å². The number of rotatable bonds is 0. The molecule has 0 bridgehead atoms. The molecule has 1 atom stereocenters. The Bertz CT molecular complexity index is 316. The Hall–Kier alpha value is -0.810. The number of carbonyl (C=O) groups excluding carboxylic acids is 1. The van der Waals surface area contributed by atoms with Crippen LogP contribution in [0.3, 0.4) is 0 Å². The number of fused-ring (bicyclic) bond motifs is 1. The second kappa shape index (κ2) is 2.85. The molecule has 2 rings (SSSR count). The molecule has 2 aliphatic rings. The van der Waals surface area contributed by atoms with Crippen LogP contribution < -0.4 is 0 Å². The standard InChI is InChI=1S/C8H7BrO4/c9-8(11)4-12-6-2-1-5(10)3-7(6)13-8/h2-3,11H,1,4H2. The highest BCUT2D eigenvalue weighted by Crippen LogP contribution is 2.33. The Balaban J connectivity index is 2.26. The highest BCUT2D eigenvalue weighted by molar-refractivity contribution is 9.10. The van der Waals surface area contributed by atoms with Gasteiger partial charge in [0.15, 0.2) is 23.9 Å². The molecule has 4 nitrogen and oxygen atoms in total. The van der Waals surface area contributed by atoms with E-state index in [0.717, 1.165) is 0 Å². The normalized spacial score (nSPS) is 32.3. The summed E-state index contributed by atoms with van der Waals surface area (Å²) in [6, 6.07) is 0. The predicted octanol–water partition coefficient (Wildman–Crippen LogP) is 0.815. The Morgan fingerprint density at radius 2 is 2.31 bits per heavy atom. The van der Waals surface area contributed by atoms with Gasteiger partial charge >= 0.3 is 4.70 Å². The highest BCUT2D eigenvalue weighted by Gasteiger charge is 2.35. The van der Waals surface area contributed by atoms with Gasteiger partial charge in [0.25, 0.3) is 0 Å². The van der Waals surface area contributed by atoms with E-state index in [1.54, 1.807) is 6.08 Å². The van der Waals surface area contributed by atoms with E-state index in [1.165, 1.54) is 6.08 Å². The number of hydrogen-bond donors (Lipinski definition) is 1. The maximum absolute atomic E-state index is 11.0. The topological polar surface area (TPSA) is 55.8 Å². The number of halogens is 1. The van der Waals surface area contributed by atoms with E-state index in [0.29, 0.717) is 12.2 Å². The van der Waals surface area contributed by atoms with Gasteiger partial charge in [0, 0.05) is 12.5 Å². The molecule has 0 amide bonds. The van der Waals surface area contributed by atoms with Gasteiger partial charge in [-0.05, 0) is 22.0 Å². The third-order valence-corrected chi connectivity index (χ3v) is 2.09. The van der Waals surface area contributed by atoms with E-state index in [1.807, 2.05) is 0 Å². The molecule has 0 aromatic carbocycles. The van der Waals surface area contributed by atoms with Crippen LogP contribution in [0.4, 0.5) is 0 Å². The zero-order valence-corrected chi connectivity index (χ0v) is 8.20. The molecule has 0 spiro atoms. The van der Waals surface area contributed by atoms with Crippen molar-refractivity contribution in [2.75, 3.05) is 6.61 Å². The number of allylic oxidation sites excluding steroid dienone is 2. The van der Waals surface area contributed by atoms with Crippen molar-refractivity contribution in [3.63, 3.8) is 0 Å². The lowest BCUT2D eigenvalue weighted by atomic mass is 10.1. The first-order chi connectivity index (χ1) is 6.07.